The van der Waals surface area contributed by atoms with Gasteiger partial charge in [0.25, 0.3) is 0 Å². The minimum Gasteiger partial charge on any atom is -0.435 e. The molecule has 1 aliphatic rings. The van der Waals surface area contributed by atoms with Crippen molar-refractivity contribution in [3.05, 3.63) is 48.0 Å². The molecule has 1 unspecified atom stereocenters. The monoisotopic (exact) mass is 321 g/mol. The smallest absolute Gasteiger partial charge is 0.387 e. The Hall–Kier alpha value is -1.95. The molecule has 1 fully saturated rings. The Morgan fingerprint density at radius 2 is 2.09 bits per heavy atom. The van der Waals surface area contributed by atoms with Crippen LogP contribution in [-0.2, 0) is 13.6 Å². The second-order valence-electron chi connectivity index (χ2n) is 5.99. The summed E-state index contributed by atoms with van der Waals surface area (Å²) >= 11 is 0. The van der Waals surface area contributed by atoms with Gasteiger partial charge in [-0.1, -0.05) is 12.1 Å². The molecule has 124 valence electrons. The van der Waals surface area contributed by atoms with Crippen LogP contribution in [0, 0.1) is 0 Å². The maximum Gasteiger partial charge on any atom is 0.387 e. The predicted molar refractivity (Wildman–Crippen MR) is 83.5 cm³/mol. The lowest BCUT2D eigenvalue weighted by Gasteiger charge is -2.32. The van der Waals surface area contributed by atoms with Crippen molar-refractivity contribution >= 4 is 0 Å². The highest BCUT2D eigenvalue weighted by atomic mass is 19.3. The van der Waals surface area contributed by atoms with E-state index in [-0.39, 0.29) is 5.75 Å². The molecule has 0 spiro atoms. The average molecular weight is 321 g/mol. The van der Waals surface area contributed by atoms with Gasteiger partial charge in [0.1, 0.15) is 11.6 Å². The highest BCUT2D eigenvalue weighted by molar-refractivity contribution is 5.27. The van der Waals surface area contributed by atoms with Crippen LogP contribution < -0.4 is 4.74 Å². The van der Waals surface area contributed by atoms with Gasteiger partial charge >= 0.3 is 6.61 Å². The van der Waals surface area contributed by atoms with Crippen LogP contribution in [-0.4, -0.2) is 34.2 Å². The molecule has 6 heteroatoms. The normalized spacial score (nSPS) is 19.2. The molecule has 4 nitrogen and oxygen atoms in total. The molecular weight excluding hydrogens is 300 g/mol. The van der Waals surface area contributed by atoms with Gasteiger partial charge in [0.15, 0.2) is 0 Å². The van der Waals surface area contributed by atoms with Crippen LogP contribution in [0.25, 0.3) is 0 Å². The summed E-state index contributed by atoms with van der Waals surface area (Å²) in [5, 5.41) is 0. The van der Waals surface area contributed by atoms with Crippen molar-refractivity contribution in [3.63, 3.8) is 0 Å². The molecule has 1 aromatic heterocycles. The summed E-state index contributed by atoms with van der Waals surface area (Å²) in [7, 11) is 2.03. The van der Waals surface area contributed by atoms with Gasteiger partial charge in [-0.05, 0) is 37.1 Å². The van der Waals surface area contributed by atoms with Crippen LogP contribution in [0.3, 0.4) is 0 Å². The number of halogens is 2. The highest BCUT2D eigenvalue weighted by Crippen LogP contribution is 2.26. The Labute approximate surface area is 134 Å². The van der Waals surface area contributed by atoms with Crippen molar-refractivity contribution in [1.82, 2.24) is 14.5 Å². The Morgan fingerprint density at radius 1 is 1.30 bits per heavy atom. The van der Waals surface area contributed by atoms with Crippen molar-refractivity contribution in [2.24, 2.45) is 7.05 Å². The molecule has 0 amide bonds. The zero-order valence-electron chi connectivity index (χ0n) is 13.2. The van der Waals surface area contributed by atoms with Gasteiger partial charge in [-0.15, -0.1) is 0 Å². The van der Waals surface area contributed by atoms with Gasteiger partial charge in [0.05, 0.1) is 0 Å². The zero-order valence-corrected chi connectivity index (χ0v) is 13.2. The summed E-state index contributed by atoms with van der Waals surface area (Å²) < 4.78 is 30.8. The first-order chi connectivity index (χ1) is 11.1. The molecule has 0 radical (unpaired) electrons. The number of hydrogen-bond acceptors (Lipinski definition) is 3. The lowest BCUT2D eigenvalue weighted by Crippen LogP contribution is -2.34. The number of imidazole rings is 1. The SMILES string of the molecule is Cn1ccnc1C1CCCN(Cc2ccc(OC(F)F)cc2)C1. The number of nitrogens with zero attached hydrogens (tertiary/aromatic N) is 3. The second-order valence-corrected chi connectivity index (χ2v) is 5.99. The van der Waals surface area contributed by atoms with Crippen LogP contribution in [0.15, 0.2) is 36.7 Å². The van der Waals surface area contributed by atoms with Crippen LogP contribution in [0.5, 0.6) is 5.75 Å². The minimum absolute atomic E-state index is 0.202. The van der Waals surface area contributed by atoms with Crippen LogP contribution >= 0.6 is 0 Å². The Bertz CT molecular complexity index is 627. The number of aryl methyl sites for hydroxylation is 1. The first kappa shape index (κ1) is 15.9. The van der Waals surface area contributed by atoms with E-state index in [0.717, 1.165) is 43.9 Å². The number of alkyl halides is 2. The molecule has 3 rings (SSSR count). The summed E-state index contributed by atoms with van der Waals surface area (Å²) in [5.41, 5.74) is 1.10. The molecule has 1 aliphatic heterocycles. The summed E-state index contributed by atoms with van der Waals surface area (Å²) in [6, 6.07) is 6.90. The molecular formula is C17H21F2N3O. The number of rotatable bonds is 5. The Balaban J connectivity index is 1.60. The van der Waals surface area contributed by atoms with Crippen LogP contribution in [0.4, 0.5) is 8.78 Å². The van der Waals surface area contributed by atoms with Gasteiger partial charge in [0.2, 0.25) is 0 Å². The van der Waals surface area contributed by atoms with E-state index < -0.39 is 6.61 Å². The van der Waals surface area contributed by atoms with Crippen molar-refractivity contribution in [1.29, 1.82) is 0 Å². The number of hydrogen-bond donors (Lipinski definition) is 0. The number of ether oxygens (including phenoxy) is 1. The summed E-state index contributed by atoms with van der Waals surface area (Å²) in [6.07, 6.45) is 6.12. The van der Waals surface area contributed by atoms with Crippen molar-refractivity contribution < 1.29 is 13.5 Å². The van der Waals surface area contributed by atoms with E-state index in [1.165, 1.54) is 0 Å². The quantitative estimate of drug-likeness (QED) is 0.845. The van der Waals surface area contributed by atoms with Crippen molar-refractivity contribution in [3.8, 4) is 5.75 Å². The first-order valence-corrected chi connectivity index (χ1v) is 7.85. The van der Waals surface area contributed by atoms with Gasteiger partial charge < -0.3 is 9.30 Å². The van der Waals surface area contributed by atoms with Gasteiger partial charge in [-0.25, -0.2) is 4.98 Å². The number of piperidine rings is 1. The number of likely N-dealkylation sites (tertiary alicyclic amines) is 1. The fourth-order valence-corrected chi connectivity index (χ4v) is 3.21. The molecule has 1 saturated heterocycles. The third-order valence-corrected chi connectivity index (χ3v) is 4.28. The van der Waals surface area contributed by atoms with Crippen LogP contribution in [0.2, 0.25) is 0 Å². The predicted octanol–water partition coefficient (Wildman–Crippen LogP) is 3.40. The van der Waals surface area contributed by atoms with Crippen molar-refractivity contribution in [2.75, 3.05) is 13.1 Å². The third-order valence-electron chi connectivity index (χ3n) is 4.28. The molecule has 0 bridgehead atoms. The molecule has 1 atom stereocenters. The van der Waals surface area contributed by atoms with E-state index in [0.29, 0.717) is 5.92 Å². The van der Waals surface area contributed by atoms with E-state index in [2.05, 4.69) is 19.2 Å². The van der Waals surface area contributed by atoms with E-state index >= 15 is 0 Å². The largest absolute Gasteiger partial charge is 0.435 e. The highest BCUT2D eigenvalue weighted by Gasteiger charge is 2.24. The molecule has 2 heterocycles. The average Bonchev–Trinajstić information content (AvgIpc) is 2.95. The molecule has 2 aromatic rings. The maximum atomic E-state index is 12.2. The molecule has 0 aliphatic carbocycles. The Morgan fingerprint density at radius 3 is 2.74 bits per heavy atom. The molecule has 23 heavy (non-hydrogen) atoms. The second kappa shape index (κ2) is 7.08. The summed E-state index contributed by atoms with van der Waals surface area (Å²) in [5.74, 6) is 1.79. The Kier molecular flexibility index (Phi) is 4.91. The van der Waals surface area contributed by atoms with Crippen molar-refractivity contribution in [2.45, 2.75) is 31.9 Å². The standard InChI is InChI=1S/C17H21F2N3O/c1-21-10-8-20-16(21)14-3-2-9-22(12-14)11-13-4-6-15(7-5-13)23-17(18)19/h4-8,10,14,17H,2-3,9,11-12H2,1H3. The lowest BCUT2D eigenvalue weighted by atomic mass is 9.96. The lowest BCUT2D eigenvalue weighted by molar-refractivity contribution is -0.0498. The number of benzene rings is 1. The van der Waals surface area contributed by atoms with E-state index in [1.54, 1.807) is 12.1 Å². The zero-order chi connectivity index (χ0) is 16.2. The van der Waals surface area contributed by atoms with E-state index in [1.807, 2.05) is 31.6 Å². The minimum atomic E-state index is -2.78. The van der Waals surface area contributed by atoms with Gasteiger partial charge in [-0.3, -0.25) is 4.90 Å². The molecule has 1 aromatic carbocycles. The van der Waals surface area contributed by atoms with E-state index in [9.17, 15) is 8.78 Å². The number of aromatic nitrogens is 2. The fourth-order valence-electron chi connectivity index (χ4n) is 3.21. The van der Waals surface area contributed by atoms with Gasteiger partial charge in [0, 0.05) is 38.4 Å². The first-order valence-electron chi connectivity index (χ1n) is 7.85. The van der Waals surface area contributed by atoms with Crippen LogP contribution in [0.1, 0.15) is 30.1 Å². The summed E-state index contributed by atoms with van der Waals surface area (Å²) in [4.78, 5) is 6.86. The third kappa shape index (κ3) is 4.07. The maximum absolute atomic E-state index is 12.2. The summed E-state index contributed by atoms with van der Waals surface area (Å²) in [6.45, 7) is 0.0631. The topological polar surface area (TPSA) is 30.3 Å². The molecule has 0 N–H and O–H groups in total. The van der Waals surface area contributed by atoms with E-state index in [4.69, 9.17) is 0 Å². The molecule has 0 saturated carbocycles. The fraction of sp³-hybridized carbons (Fsp3) is 0.471. The van der Waals surface area contributed by atoms with Gasteiger partial charge in [-0.2, -0.15) is 8.78 Å².